The number of ether oxygens (including phenoxy) is 1. The third kappa shape index (κ3) is 1.76. The first-order chi connectivity index (χ1) is 8.52. The van der Waals surface area contributed by atoms with Gasteiger partial charge in [-0.2, -0.15) is 0 Å². The fourth-order valence-corrected chi connectivity index (χ4v) is 4.75. The molecule has 0 aromatic carbocycles. The lowest BCUT2D eigenvalue weighted by Gasteiger charge is -2.45. The van der Waals surface area contributed by atoms with E-state index in [0.717, 1.165) is 18.5 Å². The maximum absolute atomic E-state index is 11.7. The molecule has 0 N–H and O–H groups in total. The molecule has 0 aromatic heterocycles. The molecule has 3 atom stereocenters. The summed E-state index contributed by atoms with van der Waals surface area (Å²) in [6.07, 6.45) is 7.53. The number of carbonyl (C=O) groups excluding carboxylic acids is 1. The molecular weight excluding hydrogens is 341 g/mol. The minimum atomic E-state index is -0.449. The van der Waals surface area contributed by atoms with Crippen molar-refractivity contribution in [2.45, 2.75) is 50.8 Å². The highest BCUT2D eigenvalue weighted by atomic mass is 127. The van der Waals surface area contributed by atoms with Gasteiger partial charge in [0, 0.05) is 21.3 Å². The summed E-state index contributed by atoms with van der Waals surface area (Å²) in [5.74, 6) is -0.185. The van der Waals surface area contributed by atoms with E-state index < -0.39 is 5.60 Å². The molecule has 3 heterocycles. The van der Waals surface area contributed by atoms with E-state index in [9.17, 15) is 4.79 Å². The lowest BCUT2D eigenvalue weighted by Crippen LogP contribution is -2.55. The van der Waals surface area contributed by atoms with Gasteiger partial charge in [0.15, 0.2) is 5.60 Å². The van der Waals surface area contributed by atoms with Crippen molar-refractivity contribution in [3.8, 4) is 0 Å². The Kier molecular flexibility index (Phi) is 3.05. The molecule has 3 rings (SSSR count). The standard InChI is InChI=1S/C14H18INO2/c1-9-7-11(15)10-8-13(17)18-14(10,2)12-5-3-4-6-16(9)12/h7-9,12H,3-6H2,1-2H3/t9-,12+,14-/m0/s1. The fourth-order valence-electron chi connectivity index (χ4n) is 3.54. The van der Waals surface area contributed by atoms with Gasteiger partial charge >= 0.3 is 5.97 Å². The van der Waals surface area contributed by atoms with Crippen molar-refractivity contribution in [1.82, 2.24) is 4.90 Å². The molecule has 4 heteroatoms. The van der Waals surface area contributed by atoms with Crippen LogP contribution in [0.15, 0.2) is 21.3 Å². The topological polar surface area (TPSA) is 29.5 Å². The minimum absolute atomic E-state index is 0.185. The quantitative estimate of drug-likeness (QED) is 0.492. The van der Waals surface area contributed by atoms with Crippen LogP contribution >= 0.6 is 22.6 Å². The Morgan fingerprint density at radius 1 is 1.50 bits per heavy atom. The first-order valence-electron chi connectivity index (χ1n) is 6.61. The summed E-state index contributed by atoms with van der Waals surface area (Å²) in [6, 6.07) is 0.742. The number of fused-ring (bicyclic) bond motifs is 3. The van der Waals surface area contributed by atoms with Crippen molar-refractivity contribution in [1.29, 1.82) is 0 Å². The molecule has 18 heavy (non-hydrogen) atoms. The summed E-state index contributed by atoms with van der Waals surface area (Å²) in [7, 11) is 0. The van der Waals surface area contributed by atoms with Gasteiger partial charge in [0.25, 0.3) is 0 Å². The summed E-state index contributed by atoms with van der Waals surface area (Å²) in [5.41, 5.74) is 0.629. The first-order valence-corrected chi connectivity index (χ1v) is 7.69. The number of halogens is 1. The number of carbonyl (C=O) groups is 1. The Balaban J connectivity index is 2.10. The fraction of sp³-hybridized carbons (Fsp3) is 0.643. The van der Waals surface area contributed by atoms with Gasteiger partial charge in [-0.15, -0.1) is 0 Å². The zero-order valence-corrected chi connectivity index (χ0v) is 12.9. The Bertz CT molecular complexity index is 457. The van der Waals surface area contributed by atoms with Gasteiger partial charge in [-0.05, 0) is 55.8 Å². The van der Waals surface area contributed by atoms with E-state index in [1.165, 1.54) is 16.4 Å². The van der Waals surface area contributed by atoms with Crippen LogP contribution in [0.2, 0.25) is 0 Å². The number of hydrogen-bond donors (Lipinski definition) is 0. The molecule has 3 aliphatic heterocycles. The SMILES string of the molecule is C[C@H]1C=C(I)C2=CC(=O)O[C@]2(C)[C@H]2CCCCN12. The van der Waals surface area contributed by atoms with Gasteiger partial charge in [0.1, 0.15) is 0 Å². The molecule has 1 saturated heterocycles. The molecule has 0 bridgehead atoms. The van der Waals surface area contributed by atoms with Gasteiger partial charge < -0.3 is 4.74 Å². The molecule has 98 valence electrons. The van der Waals surface area contributed by atoms with Crippen molar-refractivity contribution in [2.24, 2.45) is 0 Å². The van der Waals surface area contributed by atoms with E-state index in [4.69, 9.17) is 4.74 Å². The van der Waals surface area contributed by atoms with Crippen LogP contribution in [0.3, 0.4) is 0 Å². The minimum Gasteiger partial charge on any atom is -0.450 e. The lowest BCUT2D eigenvalue weighted by molar-refractivity contribution is -0.151. The van der Waals surface area contributed by atoms with E-state index in [0.29, 0.717) is 12.1 Å². The van der Waals surface area contributed by atoms with Crippen LogP contribution in [-0.2, 0) is 9.53 Å². The summed E-state index contributed by atoms with van der Waals surface area (Å²) in [4.78, 5) is 14.2. The highest BCUT2D eigenvalue weighted by Crippen LogP contribution is 2.45. The highest BCUT2D eigenvalue weighted by molar-refractivity contribution is 14.1. The van der Waals surface area contributed by atoms with Crippen LogP contribution in [0.25, 0.3) is 0 Å². The third-order valence-corrected chi connectivity index (χ3v) is 5.40. The van der Waals surface area contributed by atoms with Crippen molar-refractivity contribution >= 4 is 28.6 Å². The molecule has 0 amide bonds. The summed E-state index contributed by atoms with van der Waals surface area (Å²) < 4.78 is 6.87. The predicted molar refractivity (Wildman–Crippen MR) is 78.5 cm³/mol. The second kappa shape index (κ2) is 4.34. The van der Waals surface area contributed by atoms with Crippen LogP contribution in [0.1, 0.15) is 33.1 Å². The van der Waals surface area contributed by atoms with E-state index in [2.05, 4.69) is 47.4 Å². The monoisotopic (exact) mass is 359 g/mol. The van der Waals surface area contributed by atoms with E-state index in [-0.39, 0.29) is 5.97 Å². The van der Waals surface area contributed by atoms with Crippen LogP contribution in [-0.4, -0.2) is 35.1 Å². The smallest absolute Gasteiger partial charge is 0.332 e. The zero-order valence-electron chi connectivity index (χ0n) is 10.8. The predicted octanol–water partition coefficient (Wildman–Crippen LogP) is 2.80. The summed E-state index contributed by atoms with van der Waals surface area (Å²) in [5, 5.41) is 0. The van der Waals surface area contributed by atoms with Crippen LogP contribution < -0.4 is 0 Å². The third-order valence-electron chi connectivity index (χ3n) is 4.46. The number of nitrogens with zero attached hydrogens (tertiary/aromatic N) is 1. The Hall–Kier alpha value is -0.360. The molecule has 0 unspecified atom stereocenters. The first kappa shape index (κ1) is 12.7. The Morgan fingerprint density at radius 3 is 3.06 bits per heavy atom. The molecule has 0 spiro atoms. The normalized spacial score (nSPS) is 40.3. The van der Waals surface area contributed by atoms with Gasteiger partial charge in [-0.25, -0.2) is 4.79 Å². The Labute approximate surface area is 121 Å². The summed E-state index contributed by atoms with van der Waals surface area (Å²) in [6.45, 7) is 5.42. The summed E-state index contributed by atoms with van der Waals surface area (Å²) >= 11 is 2.34. The van der Waals surface area contributed by atoms with E-state index in [1.807, 2.05) is 0 Å². The molecular formula is C14H18INO2. The van der Waals surface area contributed by atoms with Crippen LogP contribution in [0.5, 0.6) is 0 Å². The molecule has 0 aromatic rings. The largest absolute Gasteiger partial charge is 0.450 e. The number of rotatable bonds is 0. The Morgan fingerprint density at radius 2 is 2.28 bits per heavy atom. The van der Waals surface area contributed by atoms with Crippen molar-refractivity contribution in [3.05, 3.63) is 21.3 Å². The van der Waals surface area contributed by atoms with E-state index >= 15 is 0 Å². The molecule has 3 aliphatic rings. The van der Waals surface area contributed by atoms with Gasteiger partial charge in [0.2, 0.25) is 0 Å². The van der Waals surface area contributed by atoms with Crippen molar-refractivity contribution in [2.75, 3.05) is 6.54 Å². The van der Waals surface area contributed by atoms with Gasteiger partial charge in [-0.1, -0.05) is 12.5 Å². The molecule has 3 nitrogen and oxygen atoms in total. The maximum Gasteiger partial charge on any atom is 0.332 e. The average Bonchev–Trinajstić information content (AvgIpc) is 2.62. The molecule has 0 saturated carbocycles. The zero-order chi connectivity index (χ0) is 12.9. The number of hydrogen-bond acceptors (Lipinski definition) is 3. The number of esters is 1. The molecule has 0 aliphatic carbocycles. The second-order valence-corrected chi connectivity index (χ2v) is 6.75. The van der Waals surface area contributed by atoms with Crippen LogP contribution in [0, 0.1) is 0 Å². The van der Waals surface area contributed by atoms with Gasteiger partial charge in [0.05, 0.1) is 6.04 Å². The molecule has 0 radical (unpaired) electrons. The highest BCUT2D eigenvalue weighted by Gasteiger charge is 2.51. The number of piperidine rings is 1. The lowest BCUT2D eigenvalue weighted by atomic mass is 9.83. The van der Waals surface area contributed by atoms with Crippen molar-refractivity contribution in [3.63, 3.8) is 0 Å². The van der Waals surface area contributed by atoms with E-state index in [1.54, 1.807) is 6.08 Å². The van der Waals surface area contributed by atoms with Crippen LogP contribution in [0.4, 0.5) is 0 Å². The van der Waals surface area contributed by atoms with Gasteiger partial charge in [-0.3, -0.25) is 4.90 Å². The second-order valence-electron chi connectivity index (χ2n) is 5.59. The molecule has 1 fully saturated rings. The van der Waals surface area contributed by atoms with Crippen molar-refractivity contribution < 1.29 is 9.53 Å². The maximum atomic E-state index is 11.7. The average molecular weight is 359 g/mol.